The summed E-state index contributed by atoms with van der Waals surface area (Å²) in [5.41, 5.74) is 5.14. The van der Waals surface area contributed by atoms with E-state index in [1.54, 1.807) is 0 Å². The number of amides is 2. The number of nitrogens with zero attached hydrogens (tertiary/aromatic N) is 2. The summed E-state index contributed by atoms with van der Waals surface area (Å²) < 4.78 is 5.92. The number of rotatable bonds is 8. The molecule has 37 heavy (non-hydrogen) atoms. The first-order valence-electron chi connectivity index (χ1n) is 12.1. The molecule has 2 heterocycles. The number of hydrogen-bond donors (Lipinski definition) is 3. The number of carbonyl (C=O) groups excluding carboxylic acids is 1. The van der Waals surface area contributed by atoms with Gasteiger partial charge in [-0.15, -0.1) is 0 Å². The molecule has 3 N–H and O–H groups in total. The van der Waals surface area contributed by atoms with E-state index in [0.29, 0.717) is 34.2 Å². The van der Waals surface area contributed by atoms with Gasteiger partial charge in [0.1, 0.15) is 22.6 Å². The molecule has 3 aromatic carbocycles. The van der Waals surface area contributed by atoms with Gasteiger partial charge < -0.3 is 20.4 Å². The van der Waals surface area contributed by atoms with Gasteiger partial charge in [-0.25, -0.2) is 14.8 Å². The van der Waals surface area contributed by atoms with E-state index in [1.807, 2.05) is 78.9 Å². The number of carbonyl (C=O) groups is 1. The first kappa shape index (κ1) is 24.3. The van der Waals surface area contributed by atoms with Gasteiger partial charge in [0.2, 0.25) is 5.71 Å². The highest BCUT2D eigenvalue weighted by molar-refractivity contribution is 6.38. The van der Waals surface area contributed by atoms with Crippen LogP contribution in [0, 0.1) is 0 Å². The van der Waals surface area contributed by atoms with Gasteiger partial charge in [-0.1, -0.05) is 73.1 Å². The Hall–Kier alpha value is -4.36. The lowest BCUT2D eigenvalue weighted by atomic mass is 10.1. The molecule has 0 aliphatic heterocycles. The van der Waals surface area contributed by atoms with Crippen molar-refractivity contribution in [2.45, 2.75) is 19.8 Å². The standard InChI is InChI=1S/C29H26ClN5O2/c1-2-19-8-12-22(13-9-19)34-29(36)35-23-14-10-20(11-15-23)16-17-31-27-24-25(30)26(21-6-4-3-5-7-21)37-28(24)33-18-32-27/h3-15,18H,2,16-17H2,1H3,(H,31,32,33)(H2,34,35,36). The molecule has 0 aliphatic rings. The molecule has 0 bridgehead atoms. The Balaban J connectivity index is 1.18. The molecular formula is C29H26ClN5O2. The minimum absolute atomic E-state index is 0.279. The smallest absolute Gasteiger partial charge is 0.323 e. The molecule has 0 atom stereocenters. The molecule has 8 heteroatoms. The van der Waals surface area contributed by atoms with Gasteiger partial charge in [0.05, 0.1) is 0 Å². The Morgan fingerprint density at radius 2 is 1.51 bits per heavy atom. The fraction of sp³-hybridized carbons (Fsp3) is 0.138. The fourth-order valence-electron chi connectivity index (χ4n) is 4.01. The SMILES string of the molecule is CCc1ccc(NC(=O)Nc2ccc(CCNc3ncnc4oc(-c5ccccc5)c(Cl)c34)cc2)cc1. The topological polar surface area (TPSA) is 92.1 Å². The molecular weight excluding hydrogens is 486 g/mol. The zero-order valence-corrected chi connectivity index (χ0v) is 21.0. The van der Waals surface area contributed by atoms with Gasteiger partial charge >= 0.3 is 6.03 Å². The number of urea groups is 1. The quantitative estimate of drug-likeness (QED) is 0.202. The highest BCUT2D eigenvalue weighted by Crippen LogP contribution is 2.39. The number of nitrogens with one attached hydrogen (secondary N) is 3. The second-order valence-corrected chi connectivity index (χ2v) is 8.89. The minimum atomic E-state index is -0.279. The molecule has 0 aliphatic carbocycles. The van der Waals surface area contributed by atoms with Crippen molar-refractivity contribution >= 4 is 45.9 Å². The normalized spacial score (nSPS) is 10.9. The number of benzene rings is 3. The van der Waals surface area contributed by atoms with Gasteiger partial charge in [0, 0.05) is 23.5 Å². The summed E-state index contributed by atoms with van der Waals surface area (Å²) in [5.74, 6) is 1.20. The van der Waals surface area contributed by atoms with Crippen molar-refractivity contribution in [1.29, 1.82) is 0 Å². The highest BCUT2D eigenvalue weighted by Gasteiger charge is 2.19. The molecule has 0 fully saturated rings. The Morgan fingerprint density at radius 3 is 2.16 bits per heavy atom. The van der Waals surface area contributed by atoms with Crippen LogP contribution >= 0.6 is 11.6 Å². The molecule has 2 aromatic heterocycles. The van der Waals surface area contributed by atoms with Crippen LogP contribution in [0.5, 0.6) is 0 Å². The largest absolute Gasteiger partial charge is 0.436 e. The Labute approximate surface area is 219 Å². The molecule has 0 saturated heterocycles. The number of furan rings is 1. The third-order valence-corrected chi connectivity index (χ3v) is 6.36. The predicted octanol–water partition coefficient (Wildman–Crippen LogP) is 7.40. The fourth-order valence-corrected chi connectivity index (χ4v) is 4.32. The maximum Gasteiger partial charge on any atom is 0.323 e. The van der Waals surface area contributed by atoms with E-state index in [1.165, 1.54) is 11.9 Å². The maximum atomic E-state index is 12.3. The minimum Gasteiger partial charge on any atom is -0.436 e. The number of aryl methyl sites for hydroxylation is 1. The highest BCUT2D eigenvalue weighted by atomic mass is 35.5. The molecule has 2 amide bonds. The van der Waals surface area contributed by atoms with E-state index in [-0.39, 0.29) is 6.03 Å². The summed E-state index contributed by atoms with van der Waals surface area (Å²) in [6, 6.07) is 25.0. The summed E-state index contributed by atoms with van der Waals surface area (Å²) >= 11 is 6.66. The molecule has 0 saturated carbocycles. The van der Waals surface area contributed by atoms with Crippen molar-refractivity contribution in [3.05, 3.63) is 101 Å². The number of aromatic nitrogens is 2. The van der Waals surface area contributed by atoms with Crippen molar-refractivity contribution in [1.82, 2.24) is 9.97 Å². The van der Waals surface area contributed by atoms with Crippen molar-refractivity contribution < 1.29 is 9.21 Å². The Morgan fingerprint density at radius 1 is 0.865 bits per heavy atom. The first-order chi connectivity index (χ1) is 18.1. The van der Waals surface area contributed by atoms with Crippen LogP contribution in [0.3, 0.4) is 0 Å². The van der Waals surface area contributed by atoms with Crippen molar-refractivity contribution in [3.8, 4) is 11.3 Å². The number of anilines is 3. The monoisotopic (exact) mass is 511 g/mol. The van der Waals surface area contributed by atoms with E-state index in [2.05, 4.69) is 32.8 Å². The summed E-state index contributed by atoms with van der Waals surface area (Å²) in [6.45, 7) is 2.73. The molecule has 0 unspecified atom stereocenters. The zero-order chi connectivity index (χ0) is 25.6. The van der Waals surface area contributed by atoms with E-state index in [0.717, 1.165) is 35.3 Å². The Kier molecular flexibility index (Phi) is 7.33. The van der Waals surface area contributed by atoms with Gasteiger partial charge in [-0.2, -0.15) is 0 Å². The summed E-state index contributed by atoms with van der Waals surface area (Å²) in [6.07, 6.45) is 3.18. The maximum absolute atomic E-state index is 12.3. The van der Waals surface area contributed by atoms with Crippen LogP contribution in [0.2, 0.25) is 5.02 Å². The summed E-state index contributed by atoms with van der Waals surface area (Å²) in [4.78, 5) is 20.9. The lowest BCUT2D eigenvalue weighted by Gasteiger charge is -2.10. The van der Waals surface area contributed by atoms with Gasteiger partial charge in [0.15, 0.2) is 5.76 Å². The van der Waals surface area contributed by atoms with E-state index >= 15 is 0 Å². The molecule has 5 rings (SSSR count). The van der Waals surface area contributed by atoms with E-state index in [9.17, 15) is 4.79 Å². The molecule has 0 radical (unpaired) electrons. The molecule has 7 nitrogen and oxygen atoms in total. The van der Waals surface area contributed by atoms with Crippen LogP contribution in [0.15, 0.2) is 89.6 Å². The number of fused-ring (bicyclic) bond motifs is 1. The van der Waals surface area contributed by atoms with Crippen LogP contribution in [-0.4, -0.2) is 22.5 Å². The zero-order valence-electron chi connectivity index (χ0n) is 20.3. The molecule has 186 valence electrons. The first-order valence-corrected chi connectivity index (χ1v) is 12.5. The van der Waals surface area contributed by atoms with Gasteiger partial charge in [-0.05, 0) is 48.2 Å². The third-order valence-electron chi connectivity index (χ3n) is 6.00. The second kappa shape index (κ2) is 11.1. The lowest BCUT2D eigenvalue weighted by Crippen LogP contribution is -2.19. The van der Waals surface area contributed by atoms with E-state index in [4.69, 9.17) is 16.0 Å². The van der Waals surface area contributed by atoms with Crippen LogP contribution < -0.4 is 16.0 Å². The average molecular weight is 512 g/mol. The van der Waals surface area contributed by atoms with Crippen molar-refractivity contribution in [3.63, 3.8) is 0 Å². The van der Waals surface area contributed by atoms with Gasteiger partial charge in [-0.3, -0.25) is 0 Å². The summed E-state index contributed by atoms with van der Waals surface area (Å²) in [7, 11) is 0. The predicted molar refractivity (Wildman–Crippen MR) is 149 cm³/mol. The van der Waals surface area contributed by atoms with Gasteiger partial charge in [0.25, 0.3) is 0 Å². The van der Waals surface area contributed by atoms with Crippen molar-refractivity contribution in [2.75, 3.05) is 22.5 Å². The number of hydrogen-bond acceptors (Lipinski definition) is 5. The average Bonchev–Trinajstić information content (AvgIpc) is 3.27. The molecule has 5 aromatic rings. The summed E-state index contributed by atoms with van der Waals surface area (Å²) in [5, 5.41) is 10.2. The lowest BCUT2D eigenvalue weighted by molar-refractivity contribution is 0.262. The third kappa shape index (κ3) is 5.73. The van der Waals surface area contributed by atoms with Crippen LogP contribution in [0.25, 0.3) is 22.4 Å². The second-order valence-electron chi connectivity index (χ2n) is 8.52. The Bertz CT molecular complexity index is 1500. The van der Waals surface area contributed by atoms with Crippen LogP contribution in [0.1, 0.15) is 18.1 Å². The van der Waals surface area contributed by atoms with Crippen LogP contribution in [0.4, 0.5) is 22.0 Å². The van der Waals surface area contributed by atoms with Crippen LogP contribution in [-0.2, 0) is 12.8 Å². The number of halogens is 1. The van der Waals surface area contributed by atoms with E-state index < -0.39 is 0 Å². The molecule has 0 spiro atoms. The van der Waals surface area contributed by atoms with Crippen molar-refractivity contribution in [2.24, 2.45) is 0 Å².